The van der Waals surface area contributed by atoms with Gasteiger partial charge in [0, 0.05) is 18.2 Å². The normalized spacial score (nSPS) is 10.6. The van der Waals surface area contributed by atoms with Crippen LogP contribution in [0.4, 0.5) is 11.4 Å². The Morgan fingerprint density at radius 3 is 2.70 bits per heavy atom. The smallest absolute Gasteiger partial charge is 0.294 e. The number of nitro groups is 1. The van der Waals surface area contributed by atoms with Crippen molar-refractivity contribution in [2.75, 3.05) is 12.3 Å². The van der Waals surface area contributed by atoms with Crippen molar-refractivity contribution in [1.29, 1.82) is 0 Å². The Hall–Kier alpha value is -1.82. The van der Waals surface area contributed by atoms with Crippen LogP contribution in [0.25, 0.3) is 0 Å². The van der Waals surface area contributed by atoms with Crippen molar-refractivity contribution in [3.8, 4) is 0 Å². The molecule has 1 aromatic carbocycles. The van der Waals surface area contributed by atoms with Crippen LogP contribution in [-0.4, -0.2) is 17.4 Å². The summed E-state index contributed by atoms with van der Waals surface area (Å²) in [5.74, 6) is 0.178. The number of rotatable bonds is 6. The van der Waals surface area contributed by atoms with Crippen LogP contribution >= 0.6 is 11.6 Å². The molecule has 3 N–H and O–H groups in total. The van der Waals surface area contributed by atoms with E-state index in [0.29, 0.717) is 12.5 Å². The molecule has 1 aromatic rings. The number of nitrogens with zero attached hydrogens (tertiary/aromatic N) is 1. The van der Waals surface area contributed by atoms with Crippen molar-refractivity contribution in [2.45, 2.75) is 26.7 Å². The number of hydrogen-bond acceptors (Lipinski definition) is 4. The zero-order chi connectivity index (χ0) is 15.3. The molecule has 0 aliphatic rings. The summed E-state index contributed by atoms with van der Waals surface area (Å²) in [5, 5.41) is 13.5. The summed E-state index contributed by atoms with van der Waals surface area (Å²) in [5.41, 5.74) is 5.15. The quantitative estimate of drug-likeness (QED) is 0.365. The second-order valence-corrected chi connectivity index (χ2v) is 5.35. The van der Waals surface area contributed by atoms with Gasteiger partial charge in [0.2, 0.25) is 0 Å². The highest BCUT2D eigenvalue weighted by molar-refractivity contribution is 6.34. The number of amides is 1. The summed E-state index contributed by atoms with van der Waals surface area (Å²) in [6, 6.07) is 2.47. The zero-order valence-electron chi connectivity index (χ0n) is 11.5. The molecule has 0 radical (unpaired) electrons. The summed E-state index contributed by atoms with van der Waals surface area (Å²) in [7, 11) is 0. The highest BCUT2D eigenvalue weighted by Gasteiger charge is 2.19. The van der Waals surface area contributed by atoms with Crippen molar-refractivity contribution < 1.29 is 9.72 Å². The van der Waals surface area contributed by atoms with Gasteiger partial charge in [-0.15, -0.1) is 0 Å². The molecular weight excluding hydrogens is 282 g/mol. The average Bonchev–Trinajstić information content (AvgIpc) is 2.36. The molecule has 0 unspecified atom stereocenters. The first-order valence-electron chi connectivity index (χ1n) is 6.34. The lowest BCUT2D eigenvalue weighted by atomic mass is 10.1. The van der Waals surface area contributed by atoms with Gasteiger partial charge in [-0.2, -0.15) is 0 Å². The van der Waals surface area contributed by atoms with Gasteiger partial charge in [-0.25, -0.2) is 0 Å². The highest BCUT2D eigenvalue weighted by atomic mass is 35.5. The maximum atomic E-state index is 11.9. The number of anilines is 1. The van der Waals surface area contributed by atoms with Crippen molar-refractivity contribution in [1.82, 2.24) is 5.32 Å². The Labute approximate surface area is 122 Å². The lowest BCUT2D eigenvalue weighted by molar-refractivity contribution is -0.383. The first kappa shape index (κ1) is 16.2. The van der Waals surface area contributed by atoms with E-state index in [1.54, 1.807) is 0 Å². The number of nitrogen functional groups attached to an aromatic ring is 1. The third-order valence-corrected chi connectivity index (χ3v) is 3.12. The van der Waals surface area contributed by atoms with E-state index in [1.807, 2.05) is 0 Å². The number of nitro benzene ring substituents is 1. The Balaban J connectivity index is 2.76. The fraction of sp³-hybridized carbons (Fsp3) is 0.462. The maximum absolute atomic E-state index is 11.9. The average molecular weight is 300 g/mol. The van der Waals surface area contributed by atoms with Crippen LogP contribution in [0.1, 0.15) is 37.0 Å². The molecule has 0 fully saturated rings. The van der Waals surface area contributed by atoms with Gasteiger partial charge < -0.3 is 11.1 Å². The monoisotopic (exact) mass is 299 g/mol. The van der Waals surface area contributed by atoms with E-state index in [1.165, 1.54) is 6.07 Å². The van der Waals surface area contributed by atoms with Gasteiger partial charge in [0.25, 0.3) is 11.6 Å². The number of carbonyl (C=O) groups is 1. The van der Waals surface area contributed by atoms with Crippen LogP contribution < -0.4 is 11.1 Å². The Morgan fingerprint density at radius 1 is 1.50 bits per heavy atom. The van der Waals surface area contributed by atoms with Crippen molar-refractivity contribution in [3.05, 3.63) is 32.8 Å². The molecule has 0 saturated heterocycles. The van der Waals surface area contributed by atoms with E-state index in [4.69, 9.17) is 17.3 Å². The number of hydrogen-bond donors (Lipinski definition) is 2. The number of halogens is 1. The van der Waals surface area contributed by atoms with Crippen LogP contribution in [0.15, 0.2) is 12.1 Å². The maximum Gasteiger partial charge on any atom is 0.294 e. The van der Waals surface area contributed by atoms with Gasteiger partial charge in [-0.3, -0.25) is 14.9 Å². The molecule has 20 heavy (non-hydrogen) atoms. The Morgan fingerprint density at radius 2 is 2.15 bits per heavy atom. The molecular formula is C13H18ClN3O3. The number of carbonyl (C=O) groups excluding carboxylic acids is 1. The van der Waals surface area contributed by atoms with Gasteiger partial charge in [-0.05, 0) is 24.8 Å². The third kappa shape index (κ3) is 4.38. The molecule has 0 bridgehead atoms. The van der Waals surface area contributed by atoms with E-state index >= 15 is 0 Å². The van der Waals surface area contributed by atoms with Crippen molar-refractivity contribution in [2.24, 2.45) is 5.92 Å². The van der Waals surface area contributed by atoms with Gasteiger partial charge in [-0.1, -0.05) is 25.4 Å². The first-order chi connectivity index (χ1) is 9.32. The Kier molecular flexibility index (Phi) is 5.76. The molecule has 0 atom stereocenters. The van der Waals surface area contributed by atoms with Crippen LogP contribution in [0.5, 0.6) is 0 Å². The van der Waals surface area contributed by atoms with Gasteiger partial charge >= 0.3 is 0 Å². The molecule has 110 valence electrons. The van der Waals surface area contributed by atoms with E-state index in [9.17, 15) is 14.9 Å². The molecule has 1 amide bonds. The van der Waals surface area contributed by atoms with E-state index in [0.717, 1.165) is 18.9 Å². The van der Waals surface area contributed by atoms with Crippen molar-refractivity contribution in [3.63, 3.8) is 0 Å². The second kappa shape index (κ2) is 7.09. The largest absolute Gasteiger partial charge is 0.392 e. The zero-order valence-corrected chi connectivity index (χ0v) is 12.2. The van der Waals surface area contributed by atoms with E-state index < -0.39 is 10.8 Å². The molecule has 0 aliphatic heterocycles. The molecule has 7 heteroatoms. The lowest BCUT2D eigenvalue weighted by Gasteiger charge is -2.08. The molecule has 6 nitrogen and oxygen atoms in total. The SMILES string of the molecule is CC(C)CCCNC(=O)c1cc(Cl)c(N)c([N+](=O)[O-])c1. The highest BCUT2D eigenvalue weighted by Crippen LogP contribution is 2.30. The fourth-order valence-corrected chi connectivity index (χ4v) is 1.91. The van der Waals surface area contributed by atoms with Gasteiger partial charge in [0.05, 0.1) is 9.95 Å². The first-order valence-corrected chi connectivity index (χ1v) is 6.72. The number of nitrogens with one attached hydrogen (secondary N) is 1. The van der Waals surface area contributed by atoms with Crippen LogP contribution in [-0.2, 0) is 0 Å². The number of nitrogens with two attached hydrogens (primary N) is 1. The molecule has 0 saturated carbocycles. The Bertz CT molecular complexity index is 518. The van der Waals surface area contributed by atoms with Crippen LogP contribution in [0.2, 0.25) is 5.02 Å². The van der Waals surface area contributed by atoms with Gasteiger partial charge in [0.1, 0.15) is 5.69 Å². The summed E-state index contributed by atoms with van der Waals surface area (Å²) < 4.78 is 0. The standard InChI is InChI=1S/C13H18ClN3O3/c1-8(2)4-3-5-16-13(18)9-6-10(14)12(15)11(7-9)17(19)20/h6-8H,3-5,15H2,1-2H3,(H,16,18). The summed E-state index contributed by atoms with van der Waals surface area (Å²) in [4.78, 5) is 22.1. The minimum absolute atomic E-state index is 0.00605. The topological polar surface area (TPSA) is 98.3 Å². The lowest BCUT2D eigenvalue weighted by Crippen LogP contribution is -2.24. The fourth-order valence-electron chi connectivity index (χ4n) is 1.70. The minimum atomic E-state index is -0.656. The predicted octanol–water partition coefficient (Wildman–Crippen LogP) is 3.00. The van der Waals surface area contributed by atoms with Crippen LogP contribution in [0, 0.1) is 16.0 Å². The van der Waals surface area contributed by atoms with E-state index in [-0.39, 0.29) is 22.0 Å². The summed E-state index contributed by atoms with van der Waals surface area (Å²) in [6.07, 6.45) is 1.86. The third-order valence-electron chi connectivity index (χ3n) is 2.81. The molecule has 0 aromatic heterocycles. The molecule has 0 heterocycles. The van der Waals surface area contributed by atoms with Crippen molar-refractivity contribution >= 4 is 28.9 Å². The van der Waals surface area contributed by atoms with Crippen LogP contribution in [0.3, 0.4) is 0 Å². The van der Waals surface area contributed by atoms with Gasteiger partial charge in [0.15, 0.2) is 0 Å². The predicted molar refractivity (Wildman–Crippen MR) is 78.9 cm³/mol. The molecule has 0 aliphatic carbocycles. The molecule has 1 rings (SSSR count). The summed E-state index contributed by atoms with van der Waals surface area (Å²) in [6.45, 7) is 4.72. The second-order valence-electron chi connectivity index (χ2n) is 4.94. The number of benzene rings is 1. The summed E-state index contributed by atoms with van der Waals surface area (Å²) >= 11 is 5.80. The minimum Gasteiger partial charge on any atom is -0.392 e. The van der Waals surface area contributed by atoms with E-state index in [2.05, 4.69) is 19.2 Å². The molecule has 0 spiro atoms.